The molecule has 7 atom stereocenters. The highest BCUT2D eigenvalue weighted by molar-refractivity contribution is 5.96. The summed E-state index contributed by atoms with van der Waals surface area (Å²) in [7, 11) is 0. The number of primary amides is 1. The van der Waals surface area contributed by atoms with E-state index in [2.05, 4.69) is 43.4 Å². The number of rotatable bonds is 26. The van der Waals surface area contributed by atoms with Gasteiger partial charge in [0.2, 0.25) is 35.4 Å². The number of hydrogen-bond donors (Lipinski definition) is 9. The van der Waals surface area contributed by atoms with Crippen molar-refractivity contribution in [3.05, 3.63) is 54.1 Å². The molecule has 2 aromatic rings. The van der Waals surface area contributed by atoms with Gasteiger partial charge < -0.3 is 61.7 Å². The van der Waals surface area contributed by atoms with Crippen molar-refractivity contribution in [2.75, 3.05) is 39.6 Å². The largest absolute Gasteiger partial charge is 0.394 e. The molecule has 10 N–H and O–H groups in total. The molecular weight excluding hydrogens is 756 g/mol. The van der Waals surface area contributed by atoms with E-state index in [1.165, 1.54) is 29.9 Å². The number of hydrogen-bond acceptors (Lipinski definition) is 12. The smallest absolute Gasteiger partial charge is 0.245 e. The third-order valence-electron chi connectivity index (χ3n) is 9.49. The SMILES string of the molecule is CC(C)C[C@H](NC(=O)[C@@H]1C[C@@H](OCCCCc2ccccc2)CN1C(=O)CCOCCO)C(=O)N[C@@H](Cc1cnc[nH]1)C(=O)N[C@@H](CO)C(=O)N[C@H](C(N)=O)[C@@H](C)O. The molecule has 0 aliphatic carbocycles. The molecule has 0 radical (unpaired) electrons. The number of aryl methyl sites for hydroxylation is 1. The number of amides is 6. The first kappa shape index (κ1) is 47.4. The maximum absolute atomic E-state index is 14.0. The van der Waals surface area contributed by atoms with Crippen LogP contribution < -0.4 is 27.0 Å². The van der Waals surface area contributed by atoms with Crippen LogP contribution in [0.1, 0.15) is 64.1 Å². The number of nitrogens with two attached hydrogens (primary N) is 1. The van der Waals surface area contributed by atoms with E-state index in [1.807, 2.05) is 32.0 Å². The normalized spacial score (nSPS) is 17.8. The molecule has 322 valence electrons. The van der Waals surface area contributed by atoms with Gasteiger partial charge in [0.1, 0.15) is 30.2 Å². The Morgan fingerprint density at radius 1 is 0.914 bits per heavy atom. The van der Waals surface area contributed by atoms with Gasteiger partial charge in [0.25, 0.3) is 0 Å². The van der Waals surface area contributed by atoms with Crippen LogP contribution in [0, 0.1) is 5.92 Å². The number of ether oxygens (including phenoxy) is 2. The van der Waals surface area contributed by atoms with Gasteiger partial charge in [-0.05, 0) is 44.1 Å². The van der Waals surface area contributed by atoms with Crippen molar-refractivity contribution in [3.63, 3.8) is 0 Å². The third-order valence-corrected chi connectivity index (χ3v) is 9.49. The summed E-state index contributed by atoms with van der Waals surface area (Å²) in [4.78, 5) is 87.8. The molecule has 1 aliphatic rings. The zero-order chi connectivity index (χ0) is 42.6. The summed E-state index contributed by atoms with van der Waals surface area (Å²) in [5.74, 6) is -4.72. The van der Waals surface area contributed by atoms with Crippen molar-refractivity contribution in [1.29, 1.82) is 0 Å². The lowest BCUT2D eigenvalue weighted by molar-refractivity contribution is -0.140. The first-order valence-corrected chi connectivity index (χ1v) is 19.6. The molecule has 0 unspecified atom stereocenters. The number of aliphatic hydroxyl groups is 3. The topological polar surface area (TPSA) is 288 Å². The summed E-state index contributed by atoms with van der Waals surface area (Å²) in [5.41, 5.74) is 6.92. The number of likely N-dealkylation sites (tertiary alicyclic amines) is 1. The Labute approximate surface area is 338 Å². The van der Waals surface area contributed by atoms with E-state index >= 15 is 0 Å². The number of aliphatic hydroxyl groups excluding tert-OH is 3. The predicted molar refractivity (Wildman–Crippen MR) is 209 cm³/mol. The average molecular weight is 817 g/mol. The number of carbonyl (C=O) groups is 6. The summed E-state index contributed by atoms with van der Waals surface area (Å²) >= 11 is 0. The highest BCUT2D eigenvalue weighted by Crippen LogP contribution is 2.23. The number of nitrogens with zero attached hydrogens (tertiary/aromatic N) is 2. The summed E-state index contributed by atoms with van der Waals surface area (Å²) in [5, 5.41) is 38.9. The van der Waals surface area contributed by atoms with E-state index < -0.39 is 78.6 Å². The van der Waals surface area contributed by atoms with Crippen molar-refractivity contribution in [3.8, 4) is 0 Å². The highest BCUT2D eigenvalue weighted by atomic mass is 16.5. The van der Waals surface area contributed by atoms with Crippen LogP contribution >= 0.6 is 0 Å². The van der Waals surface area contributed by atoms with Gasteiger partial charge in [-0.2, -0.15) is 0 Å². The zero-order valence-electron chi connectivity index (χ0n) is 33.4. The molecule has 6 amide bonds. The summed E-state index contributed by atoms with van der Waals surface area (Å²) in [6, 6.07) is 3.49. The van der Waals surface area contributed by atoms with Crippen molar-refractivity contribution in [1.82, 2.24) is 36.1 Å². The predicted octanol–water partition coefficient (Wildman–Crippen LogP) is -1.80. The van der Waals surface area contributed by atoms with Gasteiger partial charge in [-0.3, -0.25) is 28.8 Å². The molecule has 0 spiro atoms. The van der Waals surface area contributed by atoms with Crippen LogP contribution in [0.25, 0.3) is 0 Å². The second-order valence-electron chi connectivity index (χ2n) is 14.7. The molecule has 1 aromatic carbocycles. The Morgan fingerprint density at radius 3 is 2.22 bits per heavy atom. The number of nitrogens with one attached hydrogen (secondary N) is 5. The van der Waals surface area contributed by atoms with Gasteiger partial charge in [-0.25, -0.2) is 4.98 Å². The van der Waals surface area contributed by atoms with Gasteiger partial charge in [0.15, 0.2) is 0 Å². The van der Waals surface area contributed by atoms with Crippen LogP contribution in [-0.2, 0) is 51.1 Å². The number of carbonyl (C=O) groups excluding carboxylic acids is 6. The van der Waals surface area contributed by atoms with Crippen LogP contribution in [0.5, 0.6) is 0 Å². The standard InChI is InChI=1S/C39H60N8O11/c1-24(2)17-29(36(53)43-30(18-27-20-41-23-42-27)37(54)45-31(22-49)38(55)46-34(25(3)50)35(40)52)44-39(56)32-19-28(21-47(32)33(51)12-15-57-16-13-48)58-14-8-7-11-26-9-5-4-6-10-26/h4-6,9-10,20,23-25,28-32,34,48-50H,7-8,11-19,21-22H2,1-3H3,(H2,40,52)(H,41,42)(H,43,53)(H,44,56)(H,45,54)(H,46,55)/t25-,28-,29+,30+,31+,32+,34+/m1/s1. The van der Waals surface area contributed by atoms with Crippen LogP contribution in [0.15, 0.2) is 42.9 Å². The number of aromatic nitrogens is 2. The lowest BCUT2D eigenvalue weighted by Gasteiger charge is -2.28. The molecular formula is C39H60N8O11. The van der Waals surface area contributed by atoms with Crippen LogP contribution in [-0.4, -0.2) is 148 Å². The van der Waals surface area contributed by atoms with Gasteiger partial charge in [-0.15, -0.1) is 0 Å². The van der Waals surface area contributed by atoms with E-state index in [1.54, 1.807) is 0 Å². The molecule has 1 fully saturated rings. The summed E-state index contributed by atoms with van der Waals surface area (Å²) < 4.78 is 11.4. The molecule has 19 nitrogen and oxygen atoms in total. The van der Waals surface area contributed by atoms with Gasteiger partial charge in [-0.1, -0.05) is 44.2 Å². The second-order valence-corrected chi connectivity index (χ2v) is 14.7. The van der Waals surface area contributed by atoms with E-state index in [0.717, 1.165) is 19.3 Å². The van der Waals surface area contributed by atoms with E-state index in [0.29, 0.717) is 12.3 Å². The van der Waals surface area contributed by atoms with Crippen LogP contribution in [0.4, 0.5) is 0 Å². The summed E-state index contributed by atoms with van der Waals surface area (Å²) in [6.45, 7) is 4.49. The number of H-pyrrole nitrogens is 1. The molecule has 1 aromatic heterocycles. The molecule has 1 aliphatic heterocycles. The highest BCUT2D eigenvalue weighted by Gasteiger charge is 2.41. The molecule has 0 bridgehead atoms. The maximum Gasteiger partial charge on any atom is 0.245 e. The first-order chi connectivity index (χ1) is 27.7. The maximum atomic E-state index is 14.0. The minimum absolute atomic E-state index is 0.0387. The third kappa shape index (κ3) is 15.8. The van der Waals surface area contributed by atoms with Crippen molar-refractivity contribution in [2.45, 2.75) is 108 Å². The van der Waals surface area contributed by atoms with Gasteiger partial charge >= 0.3 is 0 Å². The fraction of sp³-hybridized carbons (Fsp3) is 0.615. The number of benzene rings is 1. The Balaban J connectivity index is 1.74. The Bertz CT molecular complexity index is 1590. The fourth-order valence-electron chi connectivity index (χ4n) is 6.46. The van der Waals surface area contributed by atoms with E-state index in [4.69, 9.17) is 20.3 Å². The Kier molecular flexibility index (Phi) is 20.2. The molecule has 3 rings (SSSR count). The number of unbranched alkanes of at least 4 members (excludes halogenated alkanes) is 1. The van der Waals surface area contributed by atoms with Gasteiger partial charge in [0.05, 0.1) is 51.4 Å². The van der Waals surface area contributed by atoms with Crippen molar-refractivity contribution >= 4 is 35.4 Å². The second kappa shape index (κ2) is 24.7. The minimum Gasteiger partial charge on any atom is -0.394 e. The van der Waals surface area contributed by atoms with Crippen molar-refractivity contribution < 1.29 is 53.6 Å². The van der Waals surface area contributed by atoms with E-state index in [-0.39, 0.29) is 63.9 Å². The molecule has 58 heavy (non-hydrogen) atoms. The lowest BCUT2D eigenvalue weighted by Crippen LogP contribution is -2.61. The molecule has 0 saturated carbocycles. The lowest BCUT2D eigenvalue weighted by atomic mass is 10.0. The number of imidazole rings is 1. The Morgan fingerprint density at radius 2 is 1.60 bits per heavy atom. The summed E-state index contributed by atoms with van der Waals surface area (Å²) in [6.07, 6.45) is 3.71. The first-order valence-electron chi connectivity index (χ1n) is 19.6. The zero-order valence-corrected chi connectivity index (χ0v) is 33.4. The quantitative estimate of drug-likeness (QED) is 0.0476. The Hall–Kier alpha value is -4.95. The average Bonchev–Trinajstić information content (AvgIpc) is 3.87. The molecule has 1 saturated heterocycles. The van der Waals surface area contributed by atoms with Crippen LogP contribution in [0.2, 0.25) is 0 Å². The molecule has 19 heteroatoms. The van der Waals surface area contributed by atoms with Gasteiger partial charge in [0, 0.05) is 37.9 Å². The number of aromatic amines is 1. The van der Waals surface area contributed by atoms with Crippen LogP contribution in [0.3, 0.4) is 0 Å². The van der Waals surface area contributed by atoms with Crippen molar-refractivity contribution in [2.24, 2.45) is 11.7 Å². The monoisotopic (exact) mass is 816 g/mol. The van der Waals surface area contributed by atoms with E-state index in [9.17, 15) is 39.0 Å². The molecule has 2 heterocycles. The minimum atomic E-state index is -1.60. The fourth-order valence-corrected chi connectivity index (χ4v) is 6.46.